The average Bonchev–Trinajstić information content (AvgIpc) is 2.78. The number of hydrogen-bond donors (Lipinski definition) is 2. The SMILES string of the molecule is COC1(c2noc(-c3ccc(O)cc3O)n2)CCC1. The Morgan fingerprint density at radius 2 is 2.11 bits per heavy atom. The van der Waals surface area contributed by atoms with Gasteiger partial charge in [0.1, 0.15) is 17.1 Å². The van der Waals surface area contributed by atoms with Crippen LogP contribution in [-0.2, 0) is 10.3 Å². The van der Waals surface area contributed by atoms with E-state index >= 15 is 0 Å². The maximum atomic E-state index is 9.77. The van der Waals surface area contributed by atoms with Crippen LogP contribution >= 0.6 is 0 Å². The molecule has 1 aliphatic rings. The molecule has 1 aliphatic carbocycles. The Hall–Kier alpha value is -2.08. The first-order valence-electron chi connectivity index (χ1n) is 6.06. The molecule has 1 fully saturated rings. The number of aromatic hydroxyl groups is 2. The van der Waals surface area contributed by atoms with Crippen LogP contribution in [-0.4, -0.2) is 27.5 Å². The molecular formula is C13H14N2O4. The first-order valence-corrected chi connectivity index (χ1v) is 6.06. The van der Waals surface area contributed by atoms with E-state index in [1.54, 1.807) is 7.11 Å². The van der Waals surface area contributed by atoms with Gasteiger partial charge in [-0.15, -0.1) is 0 Å². The molecule has 1 saturated carbocycles. The van der Waals surface area contributed by atoms with Crippen molar-refractivity contribution in [2.75, 3.05) is 7.11 Å². The van der Waals surface area contributed by atoms with Crippen molar-refractivity contribution in [3.63, 3.8) is 0 Å². The first kappa shape index (κ1) is 12.0. The lowest BCUT2D eigenvalue weighted by atomic mass is 9.79. The Balaban J connectivity index is 1.97. The van der Waals surface area contributed by atoms with Crippen LogP contribution in [0.3, 0.4) is 0 Å². The molecule has 2 aromatic rings. The fourth-order valence-corrected chi connectivity index (χ4v) is 2.24. The van der Waals surface area contributed by atoms with Gasteiger partial charge in [-0.2, -0.15) is 4.98 Å². The minimum absolute atomic E-state index is 0.0201. The van der Waals surface area contributed by atoms with E-state index < -0.39 is 5.60 Å². The Labute approximate surface area is 109 Å². The molecule has 1 heterocycles. The van der Waals surface area contributed by atoms with Crippen molar-refractivity contribution in [3.05, 3.63) is 24.0 Å². The van der Waals surface area contributed by atoms with Gasteiger partial charge in [0, 0.05) is 13.2 Å². The van der Waals surface area contributed by atoms with Gasteiger partial charge in [0.05, 0.1) is 5.56 Å². The Morgan fingerprint density at radius 1 is 1.32 bits per heavy atom. The highest BCUT2D eigenvalue weighted by Gasteiger charge is 2.43. The molecule has 6 nitrogen and oxygen atoms in total. The van der Waals surface area contributed by atoms with Gasteiger partial charge in [-0.05, 0) is 31.4 Å². The Bertz CT molecular complexity index is 599. The van der Waals surface area contributed by atoms with Gasteiger partial charge in [-0.3, -0.25) is 0 Å². The minimum Gasteiger partial charge on any atom is -0.508 e. The van der Waals surface area contributed by atoms with Crippen LogP contribution in [0.15, 0.2) is 22.7 Å². The molecule has 1 aromatic carbocycles. The van der Waals surface area contributed by atoms with Gasteiger partial charge in [0.15, 0.2) is 0 Å². The van der Waals surface area contributed by atoms with Gasteiger partial charge in [-0.1, -0.05) is 5.16 Å². The maximum absolute atomic E-state index is 9.77. The van der Waals surface area contributed by atoms with Crippen molar-refractivity contribution in [2.45, 2.75) is 24.9 Å². The van der Waals surface area contributed by atoms with E-state index in [1.165, 1.54) is 18.2 Å². The van der Waals surface area contributed by atoms with Crippen molar-refractivity contribution < 1.29 is 19.5 Å². The van der Waals surface area contributed by atoms with E-state index in [4.69, 9.17) is 9.26 Å². The molecule has 0 aliphatic heterocycles. The van der Waals surface area contributed by atoms with Crippen LogP contribution in [0.4, 0.5) is 0 Å². The summed E-state index contributed by atoms with van der Waals surface area (Å²) in [7, 11) is 1.63. The minimum atomic E-state index is -0.450. The molecule has 0 saturated heterocycles. The fourth-order valence-electron chi connectivity index (χ4n) is 2.24. The molecular weight excluding hydrogens is 248 g/mol. The molecule has 0 spiro atoms. The molecule has 0 bridgehead atoms. The summed E-state index contributed by atoms with van der Waals surface area (Å²) in [4.78, 5) is 4.29. The lowest BCUT2D eigenvalue weighted by Gasteiger charge is -2.37. The number of rotatable bonds is 3. The molecule has 19 heavy (non-hydrogen) atoms. The normalized spacial score (nSPS) is 17.1. The summed E-state index contributed by atoms with van der Waals surface area (Å²) < 4.78 is 10.6. The average molecular weight is 262 g/mol. The zero-order chi connectivity index (χ0) is 13.5. The highest BCUT2D eigenvalue weighted by atomic mass is 16.5. The third-order valence-corrected chi connectivity index (χ3v) is 3.60. The quantitative estimate of drug-likeness (QED) is 0.881. The summed E-state index contributed by atoms with van der Waals surface area (Å²) in [6.45, 7) is 0. The van der Waals surface area contributed by atoms with Crippen molar-refractivity contribution >= 4 is 0 Å². The third kappa shape index (κ3) is 1.84. The summed E-state index contributed by atoms with van der Waals surface area (Å²) in [5.74, 6) is 0.600. The van der Waals surface area contributed by atoms with Gasteiger partial charge < -0.3 is 19.5 Å². The van der Waals surface area contributed by atoms with Crippen LogP contribution in [0.2, 0.25) is 0 Å². The predicted octanol–water partition coefficient (Wildman–Crippen LogP) is 2.17. The second-order valence-corrected chi connectivity index (χ2v) is 4.68. The first-order chi connectivity index (χ1) is 9.14. The third-order valence-electron chi connectivity index (χ3n) is 3.60. The van der Waals surface area contributed by atoms with Crippen LogP contribution in [0.5, 0.6) is 11.5 Å². The topological polar surface area (TPSA) is 88.6 Å². The Kier molecular flexibility index (Phi) is 2.67. The van der Waals surface area contributed by atoms with E-state index in [2.05, 4.69) is 10.1 Å². The number of ether oxygens (including phenoxy) is 1. The molecule has 6 heteroatoms. The lowest BCUT2D eigenvalue weighted by Crippen LogP contribution is -2.37. The highest BCUT2D eigenvalue weighted by Crippen LogP contribution is 2.43. The molecule has 3 rings (SSSR count). The highest BCUT2D eigenvalue weighted by molar-refractivity contribution is 5.63. The van der Waals surface area contributed by atoms with E-state index in [1.807, 2.05) is 0 Å². The van der Waals surface area contributed by atoms with Gasteiger partial charge >= 0.3 is 0 Å². The molecule has 0 amide bonds. The number of aromatic nitrogens is 2. The summed E-state index contributed by atoms with van der Waals surface area (Å²) in [5.41, 5.74) is -0.0593. The molecule has 1 aromatic heterocycles. The molecule has 0 radical (unpaired) electrons. The molecule has 0 unspecified atom stereocenters. The van der Waals surface area contributed by atoms with Crippen molar-refractivity contribution in [2.24, 2.45) is 0 Å². The van der Waals surface area contributed by atoms with E-state index in [-0.39, 0.29) is 17.4 Å². The maximum Gasteiger partial charge on any atom is 0.261 e. The van der Waals surface area contributed by atoms with Crippen LogP contribution < -0.4 is 0 Å². The molecule has 0 atom stereocenters. The van der Waals surface area contributed by atoms with Crippen molar-refractivity contribution in [1.82, 2.24) is 10.1 Å². The molecule has 2 N–H and O–H groups in total. The lowest BCUT2D eigenvalue weighted by molar-refractivity contribution is -0.0858. The van der Waals surface area contributed by atoms with Crippen molar-refractivity contribution in [3.8, 4) is 23.0 Å². The summed E-state index contributed by atoms with van der Waals surface area (Å²) in [5, 5.41) is 23.0. The summed E-state index contributed by atoms with van der Waals surface area (Å²) >= 11 is 0. The van der Waals surface area contributed by atoms with Gasteiger partial charge in [0.2, 0.25) is 5.82 Å². The van der Waals surface area contributed by atoms with Crippen LogP contribution in [0, 0.1) is 0 Å². The van der Waals surface area contributed by atoms with Gasteiger partial charge in [-0.25, -0.2) is 0 Å². The number of nitrogens with zero attached hydrogens (tertiary/aromatic N) is 2. The summed E-state index contributed by atoms with van der Waals surface area (Å²) in [6.07, 6.45) is 2.80. The second kappa shape index (κ2) is 4.24. The smallest absolute Gasteiger partial charge is 0.261 e. The second-order valence-electron chi connectivity index (χ2n) is 4.68. The monoisotopic (exact) mass is 262 g/mol. The number of benzene rings is 1. The largest absolute Gasteiger partial charge is 0.508 e. The fraction of sp³-hybridized carbons (Fsp3) is 0.385. The van der Waals surface area contributed by atoms with Crippen LogP contribution in [0.25, 0.3) is 11.5 Å². The Morgan fingerprint density at radius 3 is 2.68 bits per heavy atom. The standard InChI is InChI=1S/C13H14N2O4/c1-18-13(5-2-6-13)12-14-11(19-15-12)9-4-3-8(16)7-10(9)17/h3-4,7,16-17H,2,5-6H2,1H3. The summed E-state index contributed by atoms with van der Waals surface area (Å²) in [6, 6.07) is 4.21. The zero-order valence-corrected chi connectivity index (χ0v) is 10.5. The predicted molar refractivity (Wildman–Crippen MR) is 65.6 cm³/mol. The number of methoxy groups -OCH3 is 1. The zero-order valence-electron chi connectivity index (χ0n) is 10.5. The number of hydrogen-bond acceptors (Lipinski definition) is 6. The molecule has 100 valence electrons. The van der Waals surface area contributed by atoms with E-state index in [0.717, 1.165) is 19.3 Å². The van der Waals surface area contributed by atoms with Crippen LogP contribution in [0.1, 0.15) is 25.1 Å². The number of phenols is 2. The number of phenolic OH excluding ortho intramolecular Hbond substituents is 2. The van der Waals surface area contributed by atoms with Crippen molar-refractivity contribution in [1.29, 1.82) is 0 Å². The van der Waals surface area contributed by atoms with E-state index in [0.29, 0.717) is 11.4 Å². The van der Waals surface area contributed by atoms with Gasteiger partial charge in [0.25, 0.3) is 5.89 Å². The van der Waals surface area contributed by atoms with E-state index in [9.17, 15) is 10.2 Å².